The highest BCUT2D eigenvalue weighted by Gasteiger charge is 2.23. The maximum absolute atomic E-state index is 10.0. The van der Waals surface area contributed by atoms with E-state index < -0.39 is 0 Å². The van der Waals surface area contributed by atoms with Crippen molar-refractivity contribution in [1.29, 1.82) is 0 Å². The summed E-state index contributed by atoms with van der Waals surface area (Å²) in [4.78, 5) is 10.0. The second kappa shape index (κ2) is 3.20. The van der Waals surface area contributed by atoms with Gasteiger partial charge in [0.15, 0.2) is 0 Å². The number of aliphatic hydroxyl groups is 1. The van der Waals surface area contributed by atoms with Crippen molar-refractivity contribution in [3.05, 3.63) is 0 Å². The molecule has 0 aromatic heterocycles. The van der Waals surface area contributed by atoms with Crippen molar-refractivity contribution in [2.45, 2.75) is 11.5 Å². The number of thioether (sulfide) groups is 1. The van der Waals surface area contributed by atoms with E-state index in [1.165, 1.54) is 11.8 Å². The second-order valence-electron chi connectivity index (χ2n) is 1.76. The van der Waals surface area contributed by atoms with Gasteiger partial charge in [-0.1, -0.05) is 0 Å². The van der Waals surface area contributed by atoms with E-state index in [-0.39, 0.29) is 18.1 Å². The van der Waals surface area contributed by atoms with E-state index in [1.807, 2.05) is 0 Å². The van der Waals surface area contributed by atoms with Gasteiger partial charge in [0.2, 0.25) is 0 Å². The van der Waals surface area contributed by atoms with E-state index in [2.05, 4.69) is 0 Å². The largest absolute Gasteiger partial charge is 0.393 e. The number of rotatable bonds is 2. The van der Waals surface area contributed by atoms with Crippen molar-refractivity contribution in [2.75, 3.05) is 12.4 Å². The van der Waals surface area contributed by atoms with Crippen LogP contribution in [0.3, 0.4) is 0 Å². The molecule has 4 heteroatoms. The molecule has 3 nitrogen and oxygen atoms in total. The van der Waals surface area contributed by atoms with Crippen LogP contribution in [-0.4, -0.2) is 35.3 Å². The van der Waals surface area contributed by atoms with Gasteiger partial charge >= 0.3 is 0 Å². The Balaban J connectivity index is 2.28. The summed E-state index contributed by atoms with van der Waals surface area (Å²) in [5, 5.41) is 8.52. The smallest absolute Gasteiger partial charge is 0.149 e. The van der Waals surface area contributed by atoms with Gasteiger partial charge in [0.1, 0.15) is 17.8 Å². The Morgan fingerprint density at radius 2 is 2.67 bits per heavy atom. The SMILES string of the molecule is O=C[C@H]1CS[C@H](CO)O1. The highest BCUT2D eigenvalue weighted by atomic mass is 32.2. The number of ether oxygens (including phenoxy) is 1. The van der Waals surface area contributed by atoms with Crippen LogP contribution >= 0.6 is 11.8 Å². The molecule has 0 bridgehead atoms. The van der Waals surface area contributed by atoms with Crippen LogP contribution in [0.5, 0.6) is 0 Å². The van der Waals surface area contributed by atoms with Gasteiger partial charge in [-0.15, -0.1) is 11.8 Å². The van der Waals surface area contributed by atoms with E-state index >= 15 is 0 Å². The highest BCUT2D eigenvalue weighted by molar-refractivity contribution is 8.00. The predicted molar refractivity (Wildman–Crippen MR) is 34.3 cm³/mol. The quantitative estimate of drug-likeness (QED) is 0.543. The van der Waals surface area contributed by atoms with Crippen LogP contribution < -0.4 is 0 Å². The van der Waals surface area contributed by atoms with Crippen LogP contribution in [0, 0.1) is 0 Å². The molecule has 1 heterocycles. The third-order valence-electron chi connectivity index (χ3n) is 1.07. The fourth-order valence-electron chi connectivity index (χ4n) is 0.643. The number of aldehydes is 1. The summed E-state index contributed by atoms with van der Waals surface area (Å²) in [6.45, 7) is -0.00495. The van der Waals surface area contributed by atoms with Crippen molar-refractivity contribution in [3.8, 4) is 0 Å². The molecule has 0 aliphatic carbocycles. The number of hydrogen-bond donors (Lipinski definition) is 1. The zero-order valence-corrected chi connectivity index (χ0v) is 5.63. The molecule has 52 valence electrons. The molecule has 0 saturated carbocycles. The normalized spacial score (nSPS) is 34.8. The molecule has 0 aromatic rings. The lowest BCUT2D eigenvalue weighted by Gasteiger charge is -2.02. The summed E-state index contributed by atoms with van der Waals surface area (Å²) in [6.07, 6.45) is 0.468. The Morgan fingerprint density at radius 3 is 3.00 bits per heavy atom. The minimum Gasteiger partial charge on any atom is -0.393 e. The highest BCUT2D eigenvalue weighted by Crippen LogP contribution is 2.22. The molecular formula is C5H8O3S. The lowest BCUT2D eigenvalue weighted by Crippen LogP contribution is -2.15. The van der Waals surface area contributed by atoms with Crippen LogP contribution in [-0.2, 0) is 9.53 Å². The monoisotopic (exact) mass is 148 g/mol. The molecular weight excluding hydrogens is 140 g/mol. The molecule has 1 N–H and O–H groups in total. The summed E-state index contributed by atoms with van der Waals surface area (Å²) in [7, 11) is 0. The van der Waals surface area contributed by atoms with Crippen molar-refractivity contribution < 1.29 is 14.6 Å². The molecule has 0 unspecified atom stereocenters. The molecule has 0 aromatic carbocycles. The molecule has 0 spiro atoms. The first-order valence-electron chi connectivity index (χ1n) is 2.70. The standard InChI is InChI=1S/C5H8O3S/c6-1-4-3-9-5(2-7)8-4/h1,4-5,7H,2-3H2/t4-,5+/m0/s1. The average Bonchev–Trinajstić information content (AvgIpc) is 2.34. The molecule has 1 aliphatic heterocycles. The van der Waals surface area contributed by atoms with E-state index in [0.29, 0.717) is 5.75 Å². The number of hydrogen-bond acceptors (Lipinski definition) is 4. The number of carbonyl (C=O) groups is 1. The molecule has 2 atom stereocenters. The van der Waals surface area contributed by atoms with Gasteiger partial charge in [0, 0.05) is 5.75 Å². The van der Waals surface area contributed by atoms with Crippen molar-refractivity contribution in [1.82, 2.24) is 0 Å². The summed E-state index contributed by atoms with van der Waals surface area (Å²) >= 11 is 1.47. The van der Waals surface area contributed by atoms with E-state index in [9.17, 15) is 4.79 Å². The summed E-state index contributed by atoms with van der Waals surface area (Å²) < 4.78 is 5.00. The molecule has 1 saturated heterocycles. The maximum Gasteiger partial charge on any atom is 0.149 e. The Kier molecular flexibility index (Phi) is 2.50. The van der Waals surface area contributed by atoms with Gasteiger partial charge in [-0.2, -0.15) is 0 Å². The first-order chi connectivity index (χ1) is 4.36. The van der Waals surface area contributed by atoms with Crippen LogP contribution in [0.25, 0.3) is 0 Å². The minimum absolute atomic E-state index is 0.00495. The van der Waals surface area contributed by atoms with E-state index in [0.717, 1.165) is 6.29 Å². The van der Waals surface area contributed by atoms with Crippen LogP contribution in [0.15, 0.2) is 0 Å². The van der Waals surface area contributed by atoms with Gasteiger partial charge in [-0.3, -0.25) is 0 Å². The second-order valence-corrected chi connectivity index (χ2v) is 2.95. The van der Waals surface area contributed by atoms with Crippen molar-refractivity contribution in [2.24, 2.45) is 0 Å². The zero-order valence-electron chi connectivity index (χ0n) is 4.82. The summed E-state index contributed by atoms with van der Waals surface area (Å²) in [5.41, 5.74) is -0.180. The Bertz CT molecular complexity index is 106. The first-order valence-corrected chi connectivity index (χ1v) is 3.75. The van der Waals surface area contributed by atoms with Gasteiger partial charge in [-0.25, -0.2) is 0 Å². The Morgan fingerprint density at radius 1 is 1.89 bits per heavy atom. The lowest BCUT2D eigenvalue weighted by molar-refractivity contribution is -0.117. The van der Waals surface area contributed by atoms with E-state index in [4.69, 9.17) is 9.84 Å². The molecule has 1 fully saturated rings. The van der Waals surface area contributed by atoms with Crippen LogP contribution in [0.4, 0.5) is 0 Å². The molecule has 0 amide bonds. The average molecular weight is 148 g/mol. The van der Waals surface area contributed by atoms with Gasteiger partial charge in [0.05, 0.1) is 6.61 Å². The summed E-state index contributed by atoms with van der Waals surface area (Å²) in [5.74, 6) is 0.675. The third kappa shape index (κ3) is 1.67. The fraction of sp³-hybridized carbons (Fsp3) is 0.800. The minimum atomic E-state index is -0.299. The first kappa shape index (κ1) is 7.05. The molecule has 1 rings (SSSR count). The maximum atomic E-state index is 10.0. The third-order valence-corrected chi connectivity index (χ3v) is 2.23. The molecule has 0 radical (unpaired) electrons. The number of carbonyl (C=O) groups excluding carboxylic acids is 1. The predicted octanol–water partition coefficient (Wildman–Crippen LogP) is -0.364. The lowest BCUT2D eigenvalue weighted by atomic mass is 10.5. The summed E-state index contributed by atoms with van der Waals surface area (Å²) in [6, 6.07) is 0. The fourth-order valence-corrected chi connectivity index (χ4v) is 1.53. The number of aliphatic hydroxyl groups excluding tert-OH is 1. The van der Waals surface area contributed by atoms with Crippen LogP contribution in [0.1, 0.15) is 0 Å². The Labute approximate surface area is 57.4 Å². The Hall–Kier alpha value is -0.0600. The zero-order chi connectivity index (χ0) is 6.69. The van der Waals surface area contributed by atoms with Gasteiger partial charge in [0.25, 0.3) is 0 Å². The van der Waals surface area contributed by atoms with Crippen molar-refractivity contribution >= 4 is 18.0 Å². The van der Waals surface area contributed by atoms with Crippen molar-refractivity contribution in [3.63, 3.8) is 0 Å². The van der Waals surface area contributed by atoms with Gasteiger partial charge in [-0.05, 0) is 0 Å². The topological polar surface area (TPSA) is 46.5 Å². The van der Waals surface area contributed by atoms with Gasteiger partial charge < -0.3 is 14.6 Å². The molecule has 1 aliphatic rings. The van der Waals surface area contributed by atoms with E-state index in [1.54, 1.807) is 0 Å². The van der Waals surface area contributed by atoms with Crippen LogP contribution in [0.2, 0.25) is 0 Å². The molecule has 9 heavy (non-hydrogen) atoms.